The van der Waals surface area contributed by atoms with E-state index < -0.39 is 11.9 Å². The van der Waals surface area contributed by atoms with Gasteiger partial charge in [0.25, 0.3) is 0 Å². The highest BCUT2D eigenvalue weighted by molar-refractivity contribution is 5.93. The van der Waals surface area contributed by atoms with Gasteiger partial charge in [0.1, 0.15) is 11.5 Å². The van der Waals surface area contributed by atoms with Crippen molar-refractivity contribution in [1.29, 1.82) is 0 Å². The van der Waals surface area contributed by atoms with Gasteiger partial charge in [0.05, 0.1) is 0 Å². The van der Waals surface area contributed by atoms with Gasteiger partial charge in [-0.1, -0.05) is 36.4 Å². The lowest BCUT2D eigenvalue weighted by atomic mass is 10.3. The molecule has 2 aromatic carbocycles. The molecule has 0 bridgehead atoms. The van der Waals surface area contributed by atoms with Gasteiger partial charge in [0, 0.05) is 12.2 Å². The van der Waals surface area contributed by atoms with E-state index in [0.717, 1.165) is 12.2 Å². The SMILES string of the molecule is O=C(/C=C/C(=O)Oc1ccccc1)Oc1ccccc1. The number of benzene rings is 2. The van der Waals surface area contributed by atoms with E-state index in [4.69, 9.17) is 9.47 Å². The topological polar surface area (TPSA) is 52.6 Å². The Kier molecular flexibility index (Phi) is 4.67. The fourth-order valence-corrected chi connectivity index (χ4v) is 1.41. The van der Waals surface area contributed by atoms with Gasteiger partial charge in [-0.2, -0.15) is 0 Å². The molecule has 0 aliphatic carbocycles. The van der Waals surface area contributed by atoms with Crippen LogP contribution in [-0.2, 0) is 9.59 Å². The first-order chi connectivity index (χ1) is 9.74. The summed E-state index contributed by atoms with van der Waals surface area (Å²) < 4.78 is 9.96. The number of esters is 2. The van der Waals surface area contributed by atoms with Crippen LogP contribution in [0.2, 0.25) is 0 Å². The fraction of sp³-hybridized carbons (Fsp3) is 0. The van der Waals surface area contributed by atoms with Crippen molar-refractivity contribution in [2.45, 2.75) is 0 Å². The maximum Gasteiger partial charge on any atom is 0.336 e. The summed E-state index contributed by atoms with van der Waals surface area (Å²) in [6.45, 7) is 0. The molecule has 4 nitrogen and oxygen atoms in total. The van der Waals surface area contributed by atoms with Gasteiger partial charge >= 0.3 is 11.9 Å². The highest BCUT2D eigenvalue weighted by Gasteiger charge is 2.03. The molecule has 0 amide bonds. The molecule has 0 spiro atoms. The van der Waals surface area contributed by atoms with E-state index in [1.807, 2.05) is 12.1 Å². The van der Waals surface area contributed by atoms with Crippen molar-refractivity contribution in [2.24, 2.45) is 0 Å². The summed E-state index contributed by atoms with van der Waals surface area (Å²) in [5.74, 6) is -0.445. The quantitative estimate of drug-likeness (QED) is 0.486. The lowest BCUT2D eigenvalue weighted by Crippen LogP contribution is -2.08. The third-order valence-corrected chi connectivity index (χ3v) is 2.28. The van der Waals surface area contributed by atoms with Crippen LogP contribution in [-0.4, -0.2) is 11.9 Å². The molecule has 0 radical (unpaired) electrons. The molecule has 4 heteroatoms. The zero-order valence-corrected chi connectivity index (χ0v) is 10.6. The molecule has 0 saturated carbocycles. The van der Waals surface area contributed by atoms with Gasteiger partial charge in [0.15, 0.2) is 0 Å². The third kappa shape index (κ3) is 4.42. The number of para-hydroxylation sites is 2. The Hall–Kier alpha value is -2.88. The fourth-order valence-electron chi connectivity index (χ4n) is 1.41. The number of ether oxygens (including phenoxy) is 2. The van der Waals surface area contributed by atoms with Crippen LogP contribution in [0.4, 0.5) is 0 Å². The van der Waals surface area contributed by atoms with Gasteiger partial charge in [0.2, 0.25) is 0 Å². The van der Waals surface area contributed by atoms with Crippen molar-refractivity contribution < 1.29 is 19.1 Å². The Labute approximate surface area is 116 Å². The van der Waals surface area contributed by atoms with E-state index >= 15 is 0 Å². The van der Waals surface area contributed by atoms with Gasteiger partial charge in [-0.3, -0.25) is 0 Å². The summed E-state index contributed by atoms with van der Waals surface area (Å²) in [5.41, 5.74) is 0. The highest BCUT2D eigenvalue weighted by atomic mass is 16.5. The summed E-state index contributed by atoms with van der Waals surface area (Å²) in [7, 11) is 0. The predicted octanol–water partition coefficient (Wildman–Crippen LogP) is 2.75. The second kappa shape index (κ2) is 6.89. The third-order valence-electron chi connectivity index (χ3n) is 2.28. The Morgan fingerprint density at radius 1 is 0.650 bits per heavy atom. The van der Waals surface area contributed by atoms with Crippen molar-refractivity contribution in [2.75, 3.05) is 0 Å². The zero-order valence-electron chi connectivity index (χ0n) is 10.6. The van der Waals surface area contributed by atoms with Crippen LogP contribution in [0.25, 0.3) is 0 Å². The first kappa shape index (κ1) is 13.5. The molecular weight excluding hydrogens is 256 g/mol. The molecule has 0 aromatic heterocycles. The molecular formula is C16H12O4. The average Bonchev–Trinajstić information content (AvgIpc) is 2.47. The molecule has 100 valence electrons. The second-order valence-electron chi connectivity index (χ2n) is 3.80. The van der Waals surface area contributed by atoms with Crippen LogP contribution in [0.3, 0.4) is 0 Å². The Bertz CT molecular complexity index is 547. The van der Waals surface area contributed by atoms with Gasteiger partial charge in [-0.05, 0) is 24.3 Å². The smallest absolute Gasteiger partial charge is 0.336 e. The van der Waals surface area contributed by atoms with Crippen molar-refractivity contribution in [1.82, 2.24) is 0 Å². The van der Waals surface area contributed by atoms with E-state index in [1.54, 1.807) is 48.5 Å². The monoisotopic (exact) mass is 268 g/mol. The summed E-state index contributed by atoms with van der Waals surface area (Å²) in [6, 6.07) is 17.2. The van der Waals surface area contributed by atoms with Gasteiger partial charge < -0.3 is 9.47 Å². The summed E-state index contributed by atoms with van der Waals surface area (Å²) in [6.07, 6.45) is 2.05. The molecule has 0 heterocycles. The number of carbonyl (C=O) groups excluding carboxylic acids is 2. The molecule has 20 heavy (non-hydrogen) atoms. The molecule has 2 rings (SSSR count). The highest BCUT2D eigenvalue weighted by Crippen LogP contribution is 2.10. The lowest BCUT2D eigenvalue weighted by Gasteiger charge is -2.01. The minimum Gasteiger partial charge on any atom is -0.423 e. The largest absolute Gasteiger partial charge is 0.423 e. The Balaban J connectivity index is 1.86. The number of hydrogen-bond donors (Lipinski definition) is 0. The summed E-state index contributed by atoms with van der Waals surface area (Å²) in [4.78, 5) is 22.9. The van der Waals surface area contributed by atoms with Crippen LogP contribution in [0, 0.1) is 0 Å². The Morgan fingerprint density at radius 2 is 1.00 bits per heavy atom. The van der Waals surface area contributed by atoms with Gasteiger partial charge in [-0.15, -0.1) is 0 Å². The Morgan fingerprint density at radius 3 is 1.35 bits per heavy atom. The molecule has 0 unspecified atom stereocenters. The number of carbonyl (C=O) groups is 2. The number of rotatable bonds is 4. The number of hydrogen-bond acceptors (Lipinski definition) is 4. The van der Waals surface area contributed by atoms with Crippen molar-refractivity contribution in [3.05, 3.63) is 72.8 Å². The lowest BCUT2D eigenvalue weighted by molar-refractivity contribution is -0.131. The first-order valence-corrected chi connectivity index (χ1v) is 5.96. The van der Waals surface area contributed by atoms with Gasteiger partial charge in [-0.25, -0.2) is 9.59 Å². The van der Waals surface area contributed by atoms with E-state index in [1.165, 1.54) is 0 Å². The average molecular weight is 268 g/mol. The van der Waals surface area contributed by atoms with Crippen molar-refractivity contribution in [3.8, 4) is 11.5 Å². The molecule has 0 aliphatic heterocycles. The molecule has 0 aliphatic rings. The second-order valence-corrected chi connectivity index (χ2v) is 3.80. The molecule has 0 N–H and O–H groups in total. The zero-order chi connectivity index (χ0) is 14.2. The molecule has 0 atom stereocenters. The normalized spacial score (nSPS) is 10.2. The van der Waals surface area contributed by atoms with Crippen LogP contribution in [0.5, 0.6) is 11.5 Å². The van der Waals surface area contributed by atoms with Crippen LogP contribution < -0.4 is 9.47 Å². The first-order valence-electron chi connectivity index (χ1n) is 5.96. The minimum absolute atomic E-state index is 0.415. The molecule has 2 aromatic rings. The van der Waals surface area contributed by atoms with E-state index in [9.17, 15) is 9.59 Å². The van der Waals surface area contributed by atoms with E-state index in [0.29, 0.717) is 11.5 Å². The van der Waals surface area contributed by atoms with Crippen LogP contribution in [0.15, 0.2) is 72.8 Å². The summed E-state index contributed by atoms with van der Waals surface area (Å²) >= 11 is 0. The standard InChI is InChI=1S/C16H12O4/c17-15(19-13-7-3-1-4-8-13)11-12-16(18)20-14-9-5-2-6-10-14/h1-12H/b12-11+. The summed E-state index contributed by atoms with van der Waals surface area (Å²) in [5, 5.41) is 0. The van der Waals surface area contributed by atoms with Crippen molar-refractivity contribution >= 4 is 11.9 Å². The van der Waals surface area contributed by atoms with E-state index in [-0.39, 0.29) is 0 Å². The van der Waals surface area contributed by atoms with E-state index in [2.05, 4.69) is 0 Å². The molecule has 0 fully saturated rings. The van der Waals surface area contributed by atoms with Crippen molar-refractivity contribution in [3.63, 3.8) is 0 Å². The minimum atomic E-state index is -0.638. The predicted molar refractivity (Wildman–Crippen MR) is 73.3 cm³/mol. The van der Waals surface area contributed by atoms with Crippen LogP contribution in [0.1, 0.15) is 0 Å². The molecule has 0 saturated heterocycles. The maximum atomic E-state index is 11.5. The van der Waals surface area contributed by atoms with Crippen LogP contribution >= 0.6 is 0 Å². The maximum absolute atomic E-state index is 11.5.